The van der Waals surface area contributed by atoms with E-state index in [-0.39, 0.29) is 23.2 Å². The highest BCUT2D eigenvalue weighted by Crippen LogP contribution is 2.28. The number of ether oxygens (including phenoxy) is 1. The fourth-order valence-corrected chi connectivity index (χ4v) is 3.09. The fourth-order valence-electron chi connectivity index (χ4n) is 2.28. The Morgan fingerprint density at radius 3 is 2.52 bits per heavy atom. The third-order valence-corrected chi connectivity index (χ3v) is 4.47. The number of para-hydroxylation sites is 1. The first-order chi connectivity index (χ1) is 13.0. The van der Waals surface area contributed by atoms with Gasteiger partial charge in [0.05, 0.1) is 5.75 Å². The van der Waals surface area contributed by atoms with Crippen molar-refractivity contribution in [3.05, 3.63) is 72.0 Å². The Bertz CT molecular complexity index is 945. The minimum Gasteiger partial charge on any atom is -0.459 e. The first kappa shape index (κ1) is 19.1. The zero-order chi connectivity index (χ0) is 19.2. The number of halogens is 2. The predicted octanol–water partition coefficient (Wildman–Crippen LogP) is 4.46. The third-order valence-electron chi connectivity index (χ3n) is 3.46. The second-order valence-corrected chi connectivity index (χ2v) is 6.93. The van der Waals surface area contributed by atoms with E-state index in [9.17, 15) is 9.18 Å². The number of carbonyl (C=O) groups is 1. The molecule has 0 fully saturated rings. The van der Waals surface area contributed by atoms with Crippen LogP contribution < -0.4 is 0 Å². The van der Waals surface area contributed by atoms with E-state index in [0.717, 1.165) is 5.69 Å². The Labute approximate surface area is 164 Å². The molecule has 5 nitrogen and oxygen atoms in total. The SMILES string of the molecule is C=C(Cl)COC(=O)CSc1nnc(-c2ccc(F)cc2)n1-c1ccccc1. The summed E-state index contributed by atoms with van der Waals surface area (Å²) < 4.78 is 20.1. The van der Waals surface area contributed by atoms with Gasteiger partial charge in [0, 0.05) is 16.3 Å². The molecule has 3 rings (SSSR count). The van der Waals surface area contributed by atoms with Crippen LogP contribution in [0, 0.1) is 5.82 Å². The molecule has 0 saturated heterocycles. The van der Waals surface area contributed by atoms with Gasteiger partial charge in [-0.2, -0.15) is 0 Å². The van der Waals surface area contributed by atoms with Crippen LogP contribution in [0.25, 0.3) is 17.1 Å². The largest absolute Gasteiger partial charge is 0.459 e. The molecule has 27 heavy (non-hydrogen) atoms. The van der Waals surface area contributed by atoms with Gasteiger partial charge in [-0.15, -0.1) is 10.2 Å². The second-order valence-electron chi connectivity index (χ2n) is 5.45. The lowest BCUT2D eigenvalue weighted by atomic mass is 10.2. The molecule has 3 aromatic rings. The molecule has 1 aromatic heterocycles. The molecule has 0 aliphatic heterocycles. The Hall–Kier alpha value is -2.64. The monoisotopic (exact) mass is 403 g/mol. The number of nitrogens with zero attached hydrogens (tertiary/aromatic N) is 3. The van der Waals surface area contributed by atoms with E-state index >= 15 is 0 Å². The zero-order valence-corrected chi connectivity index (χ0v) is 15.7. The van der Waals surface area contributed by atoms with Crippen LogP contribution >= 0.6 is 23.4 Å². The van der Waals surface area contributed by atoms with Crippen LogP contribution in [0.4, 0.5) is 4.39 Å². The van der Waals surface area contributed by atoms with Crippen molar-refractivity contribution in [1.82, 2.24) is 14.8 Å². The Morgan fingerprint density at radius 2 is 1.85 bits per heavy atom. The highest BCUT2D eigenvalue weighted by atomic mass is 35.5. The third kappa shape index (κ3) is 4.96. The predicted molar refractivity (Wildman–Crippen MR) is 103 cm³/mol. The standard InChI is InChI=1S/C19H15ClFN3O2S/c1-13(20)11-26-17(25)12-27-19-23-22-18(14-7-9-15(21)10-8-14)24(19)16-5-3-2-4-6-16/h2-10H,1,11-12H2. The summed E-state index contributed by atoms with van der Waals surface area (Å²) in [5, 5.41) is 9.18. The van der Waals surface area contributed by atoms with Crippen molar-refractivity contribution < 1.29 is 13.9 Å². The number of hydrogen-bond acceptors (Lipinski definition) is 5. The Kier molecular flexibility index (Phi) is 6.26. The smallest absolute Gasteiger partial charge is 0.316 e. The summed E-state index contributed by atoms with van der Waals surface area (Å²) in [7, 11) is 0. The first-order valence-corrected chi connectivity index (χ1v) is 9.29. The lowest BCUT2D eigenvalue weighted by Crippen LogP contribution is -2.09. The van der Waals surface area contributed by atoms with Gasteiger partial charge in [-0.25, -0.2) is 4.39 Å². The molecule has 0 bridgehead atoms. The van der Waals surface area contributed by atoms with Gasteiger partial charge in [0.2, 0.25) is 0 Å². The molecule has 8 heteroatoms. The maximum Gasteiger partial charge on any atom is 0.316 e. The van der Waals surface area contributed by atoms with E-state index in [2.05, 4.69) is 16.8 Å². The van der Waals surface area contributed by atoms with Crippen LogP contribution in [-0.2, 0) is 9.53 Å². The summed E-state index contributed by atoms with van der Waals surface area (Å²) in [6.07, 6.45) is 0. The average Bonchev–Trinajstić information content (AvgIpc) is 3.10. The number of hydrogen-bond donors (Lipinski definition) is 0. The quantitative estimate of drug-likeness (QED) is 0.430. The van der Waals surface area contributed by atoms with Gasteiger partial charge in [0.1, 0.15) is 12.4 Å². The first-order valence-electron chi connectivity index (χ1n) is 7.93. The average molecular weight is 404 g/mol. The summed E-state index contributed by atoms with van der Waals surface area (Å²) in [6.45, 7) is 3.44. The number of thioether (sulfide) groups is 1. The molecule has 0 radical (unpaired) electrons. The van der Waals surface area contributed by atoms with Crippen molar-refractivity contribution in [2.24, 2.45) is 0 Å². The van der Waals surface area contributed by atoms with E-state index < -0.39 is 5.97 Å². The van der Waals surface area contributed by atoms with Crippen molar-refractivity contribution in [2.45, 2.75) is 5.16 Å². The summed E-state index contributed by atoms with van der Waals surface area (Å²) in [5.74, 6) is -0.180. The molecule has 0 N–H and O–H groups in total. The molecular weight excluding hydrogens is 389 g/mol. The van der Waals surface area contributed by atoms with Crippen molar-refractivity contribution in [3.63, 3.8) is 0 Å². The molecule has 0 atom stereocenters. The van der Waals surface area contributed by atoms with Gasteiger partial charge >= 0.3 is 5.97 Å². The highest BCUT2D eigenvalue weighted by Gasteiger charge is 2.17. The molecule has 2 aromatic carbocycles. The topological polar surface area (TPSA) is 57.0 Å². The van der Waals surface area contributed by atoms with Gasteiger partial charge in [-0.1, -0.05) is 48.1 Å². The fraction of sp³-hybridized carbons (Fsp3) is 0.105. The summed E-state index contributed by atoms with van der Waals surface area (Å²) in [6, 6.07) is 15.5. The van der Waals surface area contributed by atoms with E-state index in [4.69, 9.17) is 16.3 Å². The van der Waals surface area contributed by atoms with Gasteiger partial charge in [0.15, 0.2) is 11.0 Å². The molecular formula is C19H15ClFN3O2S. The van der Waals surface area contributed by atoms with E-state index in [1.807, 2.05) is 34.9 Å². The molecule has 0 aliphatic rings. The summed E-state index contributed by atoms with van der Waals surface area (Å²) in [4.78, 5) is 11.8. The minimum absolute atomic E-state index is 0.0346. The number of carbonyl (C=O) groups excluding carboxylic acids is 1. The maximum atomic E-state index is 13.3. The normalized spacial score (nSPS) is 10.6. The number of rotatable bonds is 7. The van der Waals surface area contributed by atoms with Crippen LogP contribution in [0.3, 0.4) is 0 Å². The van der Waals surface area contributed by atoms with E-state index in [0.29, 0.717) is 16.5 Å². The van der Waals surface area contributed by atoms with Gasteiger partial charge in [0.25, 0.3) is 0 Å². The van der Waals surface area contributed by atoms with Gasteiger partial charge < -0.3 is 4.74 Å². The second kappa shape index (κ2) is 8.83. The number of esters is 1. The Balaban J connectivity index is 1.89. The lowest BCUT2D eigenvalue weighted by molar-refractivity contribution is -0.139. The van der Waals surface area contributed by atoms with Crippen LogP contribution in [0.15, 0.2) is 71.4 Å². The Morgan fingerprint density at radius 1 is 1.15 bits per heavy atom. The maximum absolute atomic E-state index is 13.3. The van der Waals surface area contributed by atoms with Crippen molar-refractivity contribution in [1.29, 1.82) is 0 Å². The van der Waals surface area contributed by atoms with Crippen LogP contribution in [0.5, 0.6) is 0 Å². The van der Waals surface area contributed by atoms with Crippen LogP contribution in [0.1, 0.15) is 0 Å². The molecule has 0 spiro atoms. The van der Waals surface area contributed by atoms with Crippen molar-refractivity contribution >= 4 is 29.3 Å². The van der Waals surface area contributed by atoms with Crippen molar-refractivity contribution in [2.75, 3.05) is 12.4 Å². The minimum atomic E-state index is -0.437. The molecule has 1 heterocycles. The number of benzene rings is 2. The van der Waals surface area contributed by atoms with Crippen LogP contribution in [0.2, 0.25) is 0 Å². The molecule has 0 aliphatic carbocycles. The van der Waals surface area contributed by atoms with Gasteiger partial charge in [-0.05, 0) is 36.4 Å². The molecule has 0 amide bonds. The van der Waals surface area contributed by atoms with Crippen LogP contribution in [-0.4, -0.2) is 33.1 Å². The van der Waals surface area contributed by atoms with Crippen molar-refractivity contribution in [3.8, 4) is 17.1 Å². The molecule has 138 valence electrons. The van der Waals surface area contributed by atoms with E-state index in [1.165, 1.54) is 23.9 Å². The van der Waals surface area contributed by atoms with E-state index in [1.54, 1.807) is 12.1 Å². The lowest BCUT2D eigenvalue weighted by Gasteiger charge is -2.10. The molecule has 0 unspecified atom stereocenters. The zero-order valence-electron chi connectivity index (χ0n) is 14.1. The highest BCUT2D eigenvalue weighted by molar-refractivity contribution is 7.99. The summed E-state index contributed by atoms with van der Waals surface area (Å²) >= 11 is 6.78. The van der Waals surface area contributed by atoms with Gasteiger partial charge in [-0.3, -0.25) is 9.36 Å². The summed E-state index contributed by atoms with van der Waals surface area (Å²) in [5.41, 5.74) is 1.53. The number of aromatic nitrogens is 3. The molecule has 0 saturated carbocycles.